The minimum atomic E-state index is -4.87. The number of halogens is 6. The fourth-order valence-electron chi connectivity index (χ4n) is 8.28. The molecule has 3 saturated heterocycles. The second-order valence-corrected chi connectivity index (χ2v) is 15.9. The number of pyridine rings is 1. The van der Waals surface area contributed by atoms with Crippen LogP contribution in [0.1, 0.15) is 75.1 Å². The van der Waals surface area contributed by atoms with E-state index in [1.807, 2.05) is 12.1 Å². The van der Waals surface area contributed by atoms with Gasteiger partial charge in [-0.25, -0.2) is 4.98 Å². The van der Waals surface area contributed by atoms with Crippen molar-refractivity contribution in [1.29, 1.82) is 5.26 Å². The molecule has 0 bridgehead atoms. The third kappa shape index (κ3) is 9.69. The van der Waals surface area contributed by atoms with Crippen LogP contribution in [0.15, 0.2) is 36.5 Å². The van der Waals surface area contributed by atoms with Gasteiger partial charge < -0.3 is 20.1 Å². The van der Waals surface area contributed by atoms with Crippen molar-refractivity contribution < 1.29 is 45.8 Å². The standard InChI is InChI=1S/C38H46F6N8O4S/c1-36(2)34(55)51(27-17-29(37(39,40)41)30(18-45)46-20-27)35(57)52(36)26-8-10-28(11-9-26)56-16-15-49-13-14-50(31(21-49)38(42,43)44)22-33(54)48-25-6-3-23(4-7-25)24-5-12-32(53)47-19-24/h3-4,6-7,17,20,24,26,28,31-32,47,53H,5,8-16,19,21-22H2,1-2H3,(H,48,54)/t24?,26?,28?,31-,32?/m1/s1. The number of anilines is 2. The molecular formula is C38H46F6N8O4S. The smallest absolute Gasteiger partial charge is 0.379 e. The number of nitriles is 1. The van der Waals surface area contributed by atoms with Gasteiger partial charge in [0.05, 0.1) is 36.7 Å². The average Bonchev–Trinajstić information content (AvgIpc) is 3.34. The quantitative estimate of drug-likeness (QED) is 0.221. The van der Waals surface area contributed by atoms with Crippen molar-refractivity contribution in [2.45, 2.75) is 101 Å². The SMILES string of the molecule is CC1(C)C(=O)N(c2cnc(C#N)c(C(F)(F)F)c2)C(=S)N1C1CCC(OCCN2CCN(CC(=O)Nc3ccc(C4CCC(O)NC4)cc3)[C@@H](C(F)(F)F)C2)CC1. The minimum absolute atomic E-state index is 0.0362. The van der Waals surface area contributed by atoms with Crippen LogP contribution in [0.2, 0.25) is 0 Å². The lowest BCUT2D eigenvalue weighted by Gasteiger charge is -2.42. The number of aliphatic hydroxyl groups is 1. The van der Waals surface area contributed by atoms with Crippen LogP contribution < -0.4 is 15.5 Å². The molecule has 4 aliphatic rings. The molecule has 3 N–H and O–H groups in total. The van der Waals surface area contributed by atoms with Crippen molar-refractivity contribution in [3.05, 3.63) is 53.3 Å². The van der Waals surface area contributed by atoms with Crippen LogP contribution in [0.25, 0.3) is 0 Å². The van der Waals surface area contributed by atoms with E-state index in [2.05, 4.69) is 15.6 Å². The number of alkyl halides is 6. The first-order valence-corrected chi connectivity index (χ1v) is 19.4. The van der Waals surface area contributed by atoms with Gasteiger partial charge in [-0.15, -0.1) is 0 Å². The number of benzene rings is 1. The molecule has 310 valence electrons. The van der Waals surface area contributed by atoms with Gasteiger partial charge in [0, 0.05) is 44.5 Å². The summed E-state index contributed by atoms with van der Waals surface area (Å²) in [6.45, 7) is 4.02. The molecule has 3 atom stereocenters. The van der Waals surface area contributed by atoms with Gasteiger partial charge >= 0.3 is 12.4 Å². The number of hydrogen-bond donors (Lipinski definition) is 3. The van der Waals surface area contributed by atoms with E-state index in [1.165, 1.54) is 6.07 Å². The molecule has 0 radical (unpaired) electrons. The van der Waals surface area contributed by atoms with Crippen molar-refractivity contribution in [2.75, 3.05) is 56.1 Å². The zero-order valence-corrected chi connectivity index (χ0v) is 32.4. The maximum Gasteiger partial charge on any atom is 0.419 e. The summed E-state index contributed by atoms with van der Waals surface area (Å²) in [5, 5.41) is 24.6. The number of amides is 2. The number of aromatic nitrogens is 1. The summed E-state index contributed by atoms with van der Waals surface area (Å²) in [7, 11) is 0. The Kier molecular flexibility index (Phi) is 12.8. The first kappa shape index (κ1) is 42.7. The molecule has 3 aliphatic heterocycles. The maximum atomic E-state index is 14.2. The lowest BCUT2D eigenvalue weighted by atomic mass is 9.89. The van der Waals surface area contributed by atoms with Crippen LogP contribution in [-0.2, 0) is 20.5 Å². The van der Waals surface area contributed by atoms with Crippen molar-refractivity contribution >= 4 is 40.5 Å². The van der Waals surface area contributed by atoms with Crippen LogP contribution in [0.4, 0.5) is 37.7 Å². The van der Waals surface area contributed by atoms with Gasteiger partial charge in [-0.2, -0.15) is 31.6 Å². The molecule has 57 heavy (non-hydrogen) atoms. The molecule has 1 aromatic heterocycles. The molecule has 1 aliphatic carbocycles. The topological polar surface area (TPSA) is 137 Å². The molecule has 2 amide bonds. The second kappa shape index (κ2) is 17.1. The van der Waals surface area contributed by atoms with Crippen LogP contribution >= 0.6 is 12.2 Å². The van der Waals surface area contributed by atoms with Crippen molar-refractivity contribution in [3.8, 4) is 6.07 Å². The number of thiocarbonyl (C=S) groups is 1. The lowest BCUT2D eigenvalue weighted by Crippen LogP contribution is -2.60. The van der Waals surface area contributed by atoms with E-state index < -0.39 is 59.8 Å². The summed E-state index contributed by atoms with van der Waals surface area (Å²) in [4.78, 5) is 35.7. The lowest BCUT2D eigenvalue weighted by molar-refractivity contribution is -0.197. The second-order valence-electron chi connectivity index (χ2n) is 15.5. The molecule has 0 spiro atoms. The molecule has 12 nitrogen and oxygen atoms in total. The van der Waals surface area contributed by atoms with E-state index in [9.17, 15) is 41.0 Å². The Morgan fingerprint density at radius 1 is 1.09 bits per heavy atom. The highest BCUT2D eigenvalue weighted by molar-refractivity contribution is 7.80. The number of nitrogens with zero attached hydrogens (tertiary/aromatic N) is 6. The predicted octanol–water partition coefficient (Wildman–Crippen LogP) is 4.98. The van der Waals surface area contributed by atoms with E-state index in [-0.39, 0.29) is 55.1 Å². The van der Waals surface area contributed by atoms with Crippen molar-refractivity contribution in [2.24, 2.45) is 0 Å². The van der Waals surface area contributed by atoms with Crippen LogP contribution in [0.5, 0.6) is 0 Å². The normalized spacial score (nSPS) is 26.4. The largest absolute Gasteiger partial charge is 0.419 e. The van der Waals surface area contributed by atoms with E-state index >= 15 is 0 Å². The fraction of sp³-hybridized carbons (Fsp3) is 0.605. The van der Waals surface area contributed by atoms with Gasteiger partial charge in [0.25, 0.3) is 5.91 Å². The van der Waals surface area contributed by atoms with Gasteiger partial charge in [-0.3, -0.25) is 29.6 Å². The molecule has 1 aromatic carbocycles. The predicted molar refractivity (Wildman–Crippen MR) is 201 cm³/mol. The Morgan fingerprint density at radius 2 is 1.79 bits per heavy atom. The monoisotopic (exact) mass is 824 g/mol. The van der Waals surface area contributed by atoms with Gasteiger partial charge in [0.15, 0.2) is 10.8 Å². The Hall–Kier alpha value is -3.93. The number of rotatable bonds is 10. The van der Waals surface area contributed by atoms with Gasteiger partial charge in [-0.05, 0) is 94.3 Å². The van der Waals surface area contributed by atoms with E-state index in [1.54, 1.807) is 35.8 Å². The first-order valence-electron chi connectivity index (χ1n) is 19.0. The van der Waals surface area contributed by atoms with Gasteiger partial charge in [0.1, 0.15) is 23.9 Å². The fourth-order valence-corrected chi connectivity index (χ4v) is 8.85. The number of carbonyl (C=O) groups excluding carboxylic acids is 2. The van der Waals surface area contributed by atoms with Crippen LogP contribution in [0.3, 0.4) is 0 Å². The number of aliphatic hydroxyl groups excluding tert-OH is 1. The molecule has 19 heteroatoms. The summed E-state index contributed by atoms with van der Waals surface area (Å²) in [5.41, 5.74) is -1.89. The Morgan fingerprint density at radius 3 is 2.40 bits per heavy atom. The first-order chi connectivity index (χ1) is 26.9. The Labute approximate surface area is 332 Å². The Bertz CT molecular complexity index is 1830. The summed E-state index contributed by atoms with van der Waals surface area (Å²) in [5.74, 6) is -0.838. The summed E-state index contributed by atoms with van der Waals surface area (Å²) in [6.07, 6.45) is -5.38. The third-order valence-electron chi connectivity index (χ3n) is 11.4. The molecular weight excluding hydrogens is 779 g/mol. The maximum absolute atomic E-state index is 14.2. The molecule has 2 unspecified atom stereocenters. The zero-order valence-electron chi connectivity index (χ0n) is 31.6. The number of piperazine rings is 1. The van der Waals surface area contributed by atoms with E-state index in [0.717, 1.165) is 28.0 Å². The number of ether oxygens (including phenoxy) is 1. The van der Waals surface area contributed by atoms with Gasteiger partial charge in [0.2, 0.25) is 5.91 Å². The van der Waals surface area contributed by atoms with Crippen LogP contribution in [-0.4, -0.2) is 124 Å². The summed E-state index contributed by atoms with van der Waals surface area (Å²) >= 11 is 5.65. The third-order valence-corrected chi connectivity index (χ3v) is 11.8. The van der Waals surface area contributed by atoms with Crippen molar-refractivity contribution in [3.63, 3.8) is 0 Å². The number of piperidine rings is 1. The average molecular weight is 825 g/mol. The Balaban J connectivity index is 0.966. The van der Waals surface area contributed by atoms with Crippen LogP contribution in [0, 0.1) is 11.3 Å². The minimum Gasteiger partial charge on any atom is -0.379 e. The zero-order chi connectivity index (χ0) is 41.3. The van der Waals surface area contributed by atoms with E-state index in [4.69, 9.17) is 22.2 Å². The number of carbonyl (C=O) groups is 2. The highest BCUT2D eigenvalue weighted by Crippen LogP contribution is 2.40. The summed E-state index contributed by atoms with van der Waals surface area (Å²) < 4.78 is 89.8. The number of nitrogens with one attached hydrogen (secondary N) is 2. The molecule has 6 rings (SSSR count). The van der Waals surface area contributed by atoms with Crippen molar-refractivity contribution in [1.82, 2.24) is 25.0 Å². The van der Waals surface area contributed by atoms with E-state index in [0.29, 0.717) is 56.9 Å². The highest BCUT2D eigenvalue weighted by Gasteiger charge is 2.53. The highest BCUT2D eigenvalue weighted by atomic mass is 32.1. The molecule has 2 aromatic rings. The molecule has 1 saturated carbocycles. The summed E-state index contributed by atoms with van der Waals surface area (Å²) in [6, 6.07) is 7.30. The number of hydrogen-bond acceptors (Lipinski definition) is 10. The van der Waals surface area contributed by atoms with Gasteiger partial charge in [-0.1, -0.05) is 12.1 Å². The molecule has 4 fully saturated rings. The molecule has 4 heterocycles.